The van der Waals surface area contributed by atoms with E-state index in [2.05, 4.69) is 20.3 Å². The number of fused-ring (bicyclic) bond motifs is 1. The van der Waals surface area contributed by atoms with E-state index in [1.807, 2.05) is 0 Å². The van der Waals surface area contributed by atoms with Gasteiger partial charge in [0.25, 0.3) is 11.8 Å². The Hall–Kier alpha value is -2.82. The summed E-state index contributed by atoms with van der Waals surface area (Å²) < 4.78 is 4.98. The zero-order chi connectivity index (χ0) is 24.1. The van der Waals surface area contributed by atoms with Crippen molar-refractivity contribution in [2.45, 2.75) is 11.4 Å². The number of hydrogen-bond donors (Lipinski definition) is 4. The number of rotatable bonds is 11. The Morgan fingerprint density at radius 1 is 1.42 bits per heavy atom. The standard InChI is InChI=1S/C17H19N5O8S3/c1-29-2-3-31-8-6-32-15-11(14(26)22(15)12(8)16(27)28)20-13(25)10(21-30-4-9(23)24)7-5-33-17(18)19-7/h5,11,15H,2-4,6H2,1H3,(H2,18,19)(H,20,25)(H,23,24)(H,27,28)/b21-10+/t11-,15-/m1/s1. The lowest BCUT2D eigenvalue weighted by atomic mass is 10.0. The highest BCUT2D eigenvalue weighted by atomic mass is 32.2. The number of thiazole rings is 1. The number of carboxylic acid groups (broad SMARTS) is 2. The number of anilines is 1. The number of nitrogen functional groups attached to an aromatic ring is 1. The van der Waals surface area contributed by atoms with Crippen LogP contribution >= 0.6 is 34.9 Å². The van der Waals surface area contributed by atoms with Gasteiger partial charge in [0.2, 0.25) is 6.61 Å². The van der Waals surface area contributed by atoms with Crippen molar-refractivity contribution in [3.63, 3.8) is 0 Å². The number of amides is 2. The maximum absolute atomic E-state index is 12.8. The van der Waals surface area contributed by atoms with Crippen LogP contribution in [0.2, 0.25) is 0 Å². The number of nitrogens with two attached hydrogens (primary N) is 1. The lowest BCUT2D eigenvalue weighted by Crippen LogP contribution is -2.71. The fourth-order valence-electron chi connectivity index (χ4n) is 2.91. The summed E-state index contributed by atoms with van der Waals surface area (Å²) in [6.07, 6.45) is 0. The van der Waals surface area contributed by atoms with E-state index in [-0.39, 0.29) is 22.2 Å². The number of β-lactam (4-membered cyclic amide) rings is 1. The smallest absolute Gasteiger partial charge is 0.353 e. The van der Waals surface area contributed by atoms with Gasteiger partial charge >= 0.3 is 11.9 Å². The molecule has 5 N–H and O–H groups in total. The van der Waals surface area contributed by atoms with Crippen molar-refractivity contribution in [1.82, 2.24) is 15.2 Å². The molecule has 0 radical (unpaired) electrons. The normalized spacial score (nSPS) is 20.2. The average Bonchev–Trinajstić information content (AvgIpc) is 3.19. The molecule has 1 saturated heterocycles. The van der Waals surface area contributed by atoms with E-state index in [0.29, 0.717) is 23.0 Å². The largest absolute Gasteiger partial charge is 0.479 e. The topological polar surface area (TPSA) is 194 Å². The first kappa shape index (κ1) is 24.8. The van der Waals surface area contributed by atoms with Crippen molar-refractivity contribution < 1.29 is 39.0 Å². The first-order valence-corrected chi connectivity index (χ1v) is 12.1. The van der Waals surface area contributed by atoms with E-state index >= 15 is 0 Å². The molecule has 13 nitrogen and oxygen atoms in total. The van der Waals surface area contributed by atoms with E-state index in [9.17, 15) is 24.3 Å². The van der Waals surface area contributed by atoms with Gasteiger partial charge in [-0.2, -0.15) is 0 Å². The van der Waals surface area contributed by atoms with Crippen molar-refractivity contribution >= 4 is 69.5 Å². The average molecular weight is 518 g/mol. The molecule has 178 valence electrons. The summed E-state index contributed by atoms with van der Waals surface area (Å²) in [6, 6.07) is -1.01. The van der Waals surface area contributed by atoms with Gasteiger partial charge in [-0.05, 0) is 0 Å². The predicted octanol–water partition coefficient (Wildman–Crippen LogP) is -0.394. The SMILES string of the molecule is COCCSC1=C(C(=O)O)N2C(=O)[C@@H](NC(=O)/C(=N/OCC(=O)O)c3csc(N)n3)[C@H]2SC1. The lowest BCUT2D eigenvalue weighted by Gasteiger charge is -2.49. The molecule has 1 aromatic heterocycles. The Balaban J connectivity index is 1.76. The number of hydrogen-bond acceptors (Lipinski definition) is 12. The molecule has 1 aromatic rings. The van der Waals surface area contributed by atoms with Gasteiger partial charge in [-0.25, -0.2) is 14.6 Å². The predicted molar refractivity (Wildman–Crippen MR) is 121 cm³/mol. The Morgan fingerprint density at radius 3 is 2.79 bits per heavy atom. The number of oxime groups is 1. The zero-order valence-electron chi connectivity index (χ0n) is 17.0. The molecule has 2 aliphatic heterocycles. The Kier molecular flexibility index (Phi) is 8.17. The number of nitrogens with zero attached hydrogens (tertiary/aromatic N) is 3. The molecular formula is C17H19N5O8S3. The van der Waals surface area contributed by atoms with Crippen LogP contribution in [0.15, 0.2) is 21.1 Å². The minimum absolute atomic E-state index is 0.0447. The highest BCUT2D eigenvalue weighted by Gasteiger charge is 2.54. The number of carbonyl (C=O) groups is 4. The number of aliphatic carboxylic acids is 2. The van der Waals surface area contributed by atoms with Gasteiger partial charge in [0.15, 0.2) is 10.8 Å². The van der Waals surface area contributed by atoms with E-state index < -0.39 is 41.8 Å². The summed E-state index contributed by atoms with van der Waals surface area (Å²) >= 11 is 3.64. The summed E-state index contributed by atoms with van der Waals surface area (Å²) in [6.45, 7) is -0.365. The Bertz CT molecular complexity index is 1030. The van der Waals surface area contributed by atoms with Crippen molar-refractivity contribution in [1.29, 1.82) is 0 Å². The summed E-state index contributed by atoms with van der Waals surface area (Å²) in [5.74, 6) is -3.09. The molecule has 0 aromatic carbocycles. The quantitative estimate of drug-likeness (QED) is 0.129. The third kappa shape index (κ3) is 5.58. The molecule has 2 amide bonds. The molecule has 0 bridgehead atoms. The Morgan fingerprint density at radius 2 is 2.18 bits per heavy atom. The number of aromatic nitrogens is 1. The van der Waals surface area contributed by atoms with Crippen molar-refractivity contribution in [2.24, 2.45) is 5.16 Å². The Labute approximate surface area is 199 Å². The molecule has 2 atom stereocenters. The molecule has 1 fully saturated rings. The van der Waals surface area contributed by atoms with E-state index in [1.165, 1.54) is 36.0 Å². The second-order valence-electron chi connectivity index (χ2n) is 6.46. The summed E-state index contributed by atoms with van der Waals surface area (Å²) in [5, 5.41) is 25.4. The van der Waals surface area contributed by atoms with Crippen LogP contribution in [0.1, 0.15) is 5.69 Å². The molecule has 0 unspecified atom stereocenters. The second kappa shape index (κ2) is 10.9. The van der Waals surface area contributed by atoms with Crippen LogP contribution < -0.4 is 11.1 Å². The summed E-state index contributed by atoms with van der Waals surface area (Å²) in [7, 11) is 1.54. The van der Waals surface area contributed by atoms with Crippen molar-refractivity contribution in [3.05, 3.63) is 21.7 Å². The first-order valence-electron chi connectivity index (χ1n) is 9.21. The fraction of sp³-hybridized carbons (Fsp3) is 0.412. The molecule has 0 saturated carbocycles. The van der Waals surface area contributed by atoms with Crippen LogP contribution in [0.25, 0.3) is 0 Å². The number of methoxy groups -OCH3 is 1. The van der Waals surface area contributed by atoms with Crippen molar-refractivity contribution in [2.75, 3.05) is 37.6 Å². The number of nitrogens with one attached hydrogen (secondary N) is 1. The van der Waals surface area contributed by atoms with Crippen LogP contribution in [0.3, 0.4) is 0 Å². The van der Waals surface area contributed by atoms with Gasteiger partial charge in [0.1, 0.15) is 22.8 Å². The van der Waals surface area contributed by atoms with Crippen LogP contribution in [-0.2, 0) is 28.8 Å². The van der Waals surface area contributed by atoms with E-state index in [0.717, 1.165) is 16.2 Å². The molecule has 0 spiro atoms. The van der Waals surface area contributed by atoms with Gasteiger partial charge in [0.05, 0.1) is 6.61 Å². The van der Waals surface area contributed by atoms with Gasteiger partial charge < -0.3 is 30.8 Å². The summed E-state index contributed by atoms with van der Waals surface area (Å²) in [4.78, 5) is 58.4. The monoisotopic (exact) mass is 517 g/mol. The highest BCUT2D eigenvalue weighted by Crippen LogP contribution is 2.43. The number of ether oxygens (including phenoxy) is 1. The van der Waals surface area contributed by atoms with Gasteiger partial charge in [-0.15, -0.1) is 34.9 Å². The summed E-state index contributed by atoms with van der Waals surface area (Å²) in [5.41, 5.74) is 5.17. The zero-order valence-corrected chi connectivity index (χ0v) is 19.5. The van der Waals surface area contributed by atoms with Crippen molar-refractivity contribution in [3.8, 4) is 0 Å². The van der Waals surface area contributed by atoms with Gasteiger partial charge in [-0.1, -0.05) is 5.16 Å². The maximum Gasteiger partial charge on any atom is 0.353 e. The molecule has 2 aliphatic rings. The molecule has 33 heavy (non-hydrogen) atoms. The van der Waals surface area contributed by atoms with E-state index in [4.69, 9.17) is 15.6 Å². The molecule has 0 aliphatic carbocycles. The minimum atomic E-state index is -1.30. The van der Waals surface area contributed by atoms with Gasteiger partial charge in [-0.3, -0.25) is 14.5 Å². The molecule has 3 heterocycles. The van der Waals surface area contributed by atoms with E-state index in [1.54, 1.807) is 0 Å². The third-order valence-corrected chi connectivity index (χ3v) is 7.50. The molecule has 16 heteroatoms. The first-order chi connectivity index (χ1) is 15.7. The van der Waals surface area contributed by atoms with Crippen LogP contribution in [0.4, 0.5) is 5.13 Å². The van der Waals surface area contributed by atoms with Crippen LogP contribution in [-0.4, -0.2) is 92.8 Å². The number of thioether (sulfide) groups is 2. The maximum atomic E-state index is 12.8. The number of carboxylic acids is 2. The molecule has 3 rings (SSSR count). The second-order valence-corrected chi connectivity index (χ2v) is 9.64. The van der Waals surface area contributed by atoms with Gasteiger partial charge in [0, 0.05) is 28.9 Å². The fourth-order valence-corrected chi connectivity index (χ4v) is 6.01. The third-order valence-electron chi connectivity index (χ3n) is 4.31. The minimum Gasteiger partial charge on any atom is -0.479 e. The number of carbonyl (C=O) groups excluding carboxylic acids is 2. The molecular weight excluding hydrogens is 498 g/mol. The van der Waals surface area contributed by atoms with Crippen LogP contribution in [0, 0.1) is 0 Å². The van der Waals surface area contributed by atoms with Crippen LogP contribution in [0.5, 0.6) is 0 Å². The lowest BCUT2D eigenvalue weighted by molar-refractivity contribution is -0.150. The highest BCUT2D eigenvalue weighted by molar-refractivity contribution is 8.06.